The lowest BCUT2D eigenvalue weighted by Gasteiger charge is -2.63. The number of nitrogens with zero attached hydrogens (tertiary/aromatic N) is 2. The third-order valence-electron chi connectivity index (χ3n) is 16.4. The number of likely N-dealkylation sites (tertiary alicyclic amines) is 2. The van der Waals surface area contributed by atoms with Crippen LogP contribution in [0.1, 0.15) is 147 Å². The third-order valence-corrected chi connectivity index (χ3v) is 16.4. The van der Waals surface area contributed by atoms with Gasteiger partial charge in [0, 0.05) is 42.3 Å². The van der Waals surface area contributed by atoms with Crippen molar-refractivity contribution in [3.8, 4) is 11.5 Å². The molecule has 5 atom stereocenters. The molecule has 2 aliphatic heterocycles. The fraction of sp³-hybridized carbons (Fsp3) is 0.717. The molecule has 8 rings (SSSR count). The molecule has 2 aromatic carbocycles. The molecule has 6 heteroatoms. The summed E-state index contributed by atoms with van der Waals surface area (Å²) in [4.78, 5) is 17.9. The Morgan fingerprint density at radius 3 is 1.96 bits per heavy atom. The number of likely N-dealkylation sites (N-methyl/N-ethyl adjacent to an activating group) is 1. The molecule has 2 unspecified atom stereocenters. The Bertz CT molecular complexity index is 1630. The van der Waals surface area contributed by atoms with E-state index in [1.807, 2.05) is 24.3 Å². The normalized spacial score (nSPS) is 33.1. The van der Waals surface area contributed by atoms with Crippen LogP contribution in [0.2, 0.25) is 0 Å². The van der Waals surface area contributed by atoms with Crippen molar-refractivity contribution in [3.05, 3.63) is 58.7 Å². The molecule has 6 nitrogen and oxygen atoms in total. The van der Waals surface area contributed by atoms with Gasteiger partial charge in [0.1, 0.15) is 17.3 Å². The molecule has 0 amide bonds. The lowest BCUT2D eigenvalue weighted by molar-refractivity contribution is -0.121. The molecule has 2 saturated carbocycles. The van der Waals surface area contributed by atoms with Gasteiger partial charge in [-0.1, -0.05) is 72.4 Å². The van der Waals surface area contributed by atoms with E-state index in [2.05, 4.69) is 63.6 Å². The monoisotopic (exact) mass is 713 g/mol. The Kier molecular flexibility index (Phi) is 10.2. The van der Waals surface area contributed by atoms with Crippen LogP contribution in [0.4, 0.5) is 0 Å². The van der Waals surface area contributed by atoms with Gasteiger partial charge in [0.2, 0.25) is 0 Å². The molecular weight excluding hydrogens is 645 g/mol. The SMILES string of the molecule is CC[C@@]12CCN(C)C(Cc3ccc(O)cc31)[C@@]2(C)CCC(=O)CCC1CCCC1.CC[C@@]12CCN(CC3(O)CC3)C(Cc3ccc(O)cc31)C2(C)C. The van der Waals surface area contributed by atoms with Crippen LogP contribution < -0.4 is 0 Å². The number of Topliss-reactive ketones (excluding diaryl/α,β-unsaturated/α-hetero) is 1. The highest BCUT2D eigenvalue weighted by Crippen LogP contribution is 2.61. The van der Waals surface area contributed by atoms with Crippen LogP contribution in [0.3, 0.4) is 0 Å². The number of carbonyl (C=O) groups excluding carboxylic acids is 1. The zero-order valence-electron chi connectivity index (χ0n) is 33.3. The molecule has 3 N–H and O–H groups in total. The highest BCUT2D eigenvalue weighted by molar-refractivity contribution is 5.78. The molecule has 0 radical (unpaired) electrons. The van der Waals surface area contributed by atoms with E-state index in [9.17, 15) is 20.1 Å². The molecule has 2 heterocycles. The summed E-state index contributed by atoms with van der Waals surface area (Å²) < 4.78 is 0. The lowest BCUT2D eigenvalue weighted by Crippen LogP contribution is -2.65. The molecule has 286 valence electrons. The summed E-state index contributed by atoms with van der Waals surface area (Å²) >= 11 is 0. The number of piperidine rings is 2. The van der Waals surface area contributed by atoms with Crippen molar-refractivity contribution < 1.29 is 20.1 Å². The number of β-amino-alcohol motifs (C(OH)–C–C–N with tert-alkyl or cyclic N) is 1. The largest absolute Gasteiger partial charge is 0.508 e. The van der Waals surface area contributed by atoms with E-state index in [0.717, 1.165) is 96.2 Å². The van der Waals surface area contributed by atoms with Crippen molar-refractivity contribution >= 4 is 5.78 Å². The Hall–Kier alpha value is -2.41. The number of phenolic OH excluding ortho intramolecular Hbond substituents is 2. The first kappa shape index (κ1) is 37.9. The summed E-state index contributed by atoms with van der Waals surface area (Å²) in [5.74, 6) is 2.03. The van der Waals surface area contributed by atoms with Gasteiger partial charge in [0.05, 0.1) is 5.60 Å². The maximum absolute atomic E-state index is 12.8. The summed E-state index contributed by atoms with van der Waals surface area (Å²) in [6.07, 6.45) is 17.3. The van der Waals surface area contributed by atoms with Crippen LogP contribution in [0.5, 0.6) is 11.5 Å². The number of rotatable bonds is 10. The average molecular weight is 713 g/mol. The maximum atomic E-state index is 12.8. The molecule has 0 aromatic heterocycles. The standard InChI is InChI=1S/C26H39NO2.C20H29NO2/c1-4-26-15-16-27(3)24(17-20-10-12-22(29)18-23(20)26)25(26,2)14-13-21(28)11-9-19-7-5-6-8-19;1-4-20-9-10-21(13-19(23)7-8-19)17(18(20,2)3)11-14-5-6-15(22)12-16(14)20/h10,12,18-19,24,29H,4-9,11,13-17H2,1-3H3;5-6,12,17,22-23H,4,7-11,13H2,1-3H3/t24?,25-,26-;17?,20-/m11/s1. The zero-order valence-corrected chi connectivity index (χ0v) is 33.3. The van der Waals surface area contributed by atoms with Crippen molar-refractivity contribution in [3.63, 3.8) is 0 Å². The van der Waals surface area contributed by atoms with E-state index in [-0.39, 0.29) is 21.7 Å². The second-order valence-corrected chi connectivity index (χ2v) is 19.0. The smallest absolute Gasteiger partial charge is 0.132 e. The van der Waals surface area contributed by atoms with Crippen LogP contribution in [-0.2, 0) is 28.5 Å². The number of carbonyl (C=O) groups is 1. The summed E-state index contributed by atoms with van der Waals surface area (Å²) in [5.41, 5.74) is 5.49. The summed E-state index contributed by atoms with van der Waals surface area (Å²) in [7, 11) is 2.26. The highest BCUT2D eigenvalue weighted by Gasteiger charge is 2.60. The molecule has 0 spiro atoms. The Balaban J connectivity index is 0.000000166. The van der Waals surface area contributed by atoms with E-state index < -0.39 is 5.60 Å². The first-order chi connectivity index (χ1) is 24.7. The van der Waals surface area contributed by atoms with Gasteiger partial charge < -0.3 is 20.2 Å². The molecule has 4 aliphatic carbocycles. The van der Waals surface area contributed by atoms with Crippen molar-refractivity contribution in [1.82, 2.24) is 9.80 Å². The minimum absolute atomic E-state index is 0.0578. The third kappa shape index (κ3) is 6.35. The van der Waals surface area contributed by atoms with Crippen LogP contribution >= 0.6 is 0 Å². The van der Waals surface area contributed by atoms with Crippen molar-refractivity contribution in [1.29, 1.82) is 0 Å². The molecule has 2 aromatic rings. The van der Waals surface area contributed by atoms with Gasteiger partial charge in [-0.15, -0.1) is 0 Å². The number of hydrogen-bond donors (Lipinski definition) is 3. The molecule has 2 saturated heterocycles. The van der Waals surface area contributed by atoms with Gasteiger partial charge >= 0.3 is 0 Å². The van der Waals surface area contributed by atoms with Crippen molar-refractivity contribution in [2.75, 3.05) is 26.7 Å². The fourth-order valence-corrected chi connectivity index (χ4v) is 12.7. The van der Waals surface area contributed by atoms with Crippen LogP contribution in [0.25, 0.3) is 0 Å². The number of phenols is 2. The van der Waals surface area contributed by atoms with Crippen LogP contribution in [0.15, 0.2) is 36.4 Å². The zero-order chi connectivity index (χ0) is 37.1. The Labute approximate surface area is 314 Å². The van der Waals surface area contributed by atoms with Gasteiger partial charge in [0.25, 0.3) is 0 Å². The first-order valence-electron chi connectivity index (χ1n) is 21.0. The Morgan fingerprint density at radius 2 is 1.37 bits per heavy atom. The first-order valence-corrected chi connectivity index (χ1v) is 21.0. The second-order valence-electron chi connectivity index (χ2n) is 19.0. The van der Waals surface area contributed by atoms with E-state index in [1.165, 1.54) is 47.9 Å². The summed E-state index contributed by atoms with van der Waals surface area (Å²) in [5, 5.41) is 30.7. The number of fused-ring (bicyclic) bond motifs is 8. The topological polar surface area (TPSA) is 84.2 Å². The number of benzene rings is 2. The molecule has 4 fully saturated rings. The highest BCUT2D eigenvalue weighted by atomic mass is 16.3. The van der Waals surface area contributed by atoms with E-state index in [1.54, 1.807) is 0 Å². The number of hydrogen-bond acceptors (Lipinski definition) is 6. The molecule has 6 aliphatic rings. The Morgan fingerprint density at radius 1 is 0.788 bits per heavy atom. The van der Waals surface area contributed by atoms with Gasteiger partial charge in [-0.05, 0) is 148 Å². The summed E-state index contributed by atoms with van der Waals surface area (Å²) in [6, 6.07) is 12.9. The van der Waals surface area contributed by atoms with Gasteiger partial charge in [-0.2, -0.15) is 0 Å². The quantitative estimate of drug-likeness (QED) is 0.228. The van der Waals surface area contributed by atoms with E-state index in [4.69, 9.17) is 0 Å². The lowest BCUT2D eigenvalue weighted by atomic mass is 9.47. The van der Waals surface area contributed by atoms with Crippen molar-refractivity contribution in [2.45, 2.75) is 166 Å². The second kappa shape index (κ2) is 14.0. The predicted octanol–water partition coefficient (Wildman–Crippen LogP) is 8.85. The van der Waals surface area contributed by atoms with Gasteiger partial charge in [-0.25, -0.2) is 0 Å². The molecular formula is C46H68N2O4. The number of aliphatic hydroxyl groups is 1. The van der Waals surface area contributed by atoms with Gasteiger partial charge in [0.15, 0.2) is 0 Å². The van der Waals surface area contributed by atoms with Crippen LogP contribution in [0, 0.1) is 16.7 Å². The molecule has 4 bridgehead atoms. The predicted molar refractivity (Wildman–Crippen MR) is 210 cm³/mol. The van der Waals surface area contributed by atoms with Gasteiger partial charge in [-0.3, -0.25) is 9.69 Å². The average Bonchev–Trinajstić information content (AvgIpc) is 3.59. The fourth-order valence-electron chi connectivity index (χ4n) is 12.7. The van der Waals surface area contributed by atoms with Crippen LogP contribution in [-0.4, -0.2) is 75.3 Å². The van der Waals surface area contributed by atoms with Crippen molar-refractivity contribution in [2.24, 2.45) is 16.7 Å². The minimum atomic E-state index is -0.419. The molecule has 52 heavy (non-hydrogen) atoms. The summed E-state index contributed by atoms with van der Waals surface area (Å²) in [6.45, 7) is 14.8. The van der Waals surface area contributed by atoms with E-state index >= 15 is 0 Å². The maximum Gasteiger partial charge on any atom is 0.132 e. The van der Waals surface area contributed by atoms with E-state index in [0.29, 0.717) is 35.8 Å². The minimum Gasteiger partial charge on any atom is -0.508 e. The number of aromatic hydroxyl groups is 2. The number of ketones is 1.